The van der Waals surface area contributed by atoms with Gasteiger partial charge in [0.25, 0.3) is 0 Å². The number of carboxylic acids is 1. The highest BCUT2D eigenvalue weighted by molar-refractivity contribution is 8.01. The van der Waals surface area contributed by atoms with Crippen LogP contribution in [0.25, 0.3) is 0 Å². The highest BCUT2D eigenvalue weighted by Crippen LogP contribution is 2.47. The molecule has 1 spiro atoms. The van der Waals surface area contributed by atoms with E-state index in [0.29, 0.717) is 24.5 Å². The molecule has 1 atom stereocenters. The summed E-state index contributed by atoms with van der Waals surface area (Å²) in [7, 11) is 0. The summed E-state index contributed by atoms with van der Waals surface area (Å²) in [4.78, 5) is 27.6. The number of aryl methyl sites for hydroxylation is 1. The lowest BCUT2D eigenvalue weighted by atomic mass is 9.92. The molecule has 1 aliphatic carbocycles. The molecular weight excluding hydrogens is 421 g/mol. The smallest absolute Gasteiger partial charge is 0.475 e. The van der Waals surface area contributed by atoms with Gasteiger partial charge in [0, 0.05) is 31.0 Å². The Morgan fingerprint density at radius 3 is 2.57 bits per heavy atom. The Hall–Kier alpha value is -1.81. The van der Waals surface area contributed by atoms with Gasteiger partial charge in [-0.05, 0) is 44.2 Å². The Bertz CT molecular complexity index is 780. The van der Waals surface area contributed by atoms with E-state index in [9.17, 15) is 18.0 Å². The molecule has 166 valence electrons. The van der Waals surface area contributed by atoms with E-state index in [4.69, 9.17) is 14.6 Å². The van der Waals surface area contributed by atoms with Gasteiger partial charge in [0.15, 0.2) is 0 Å². The zero-order valence-corrected chi connectivity index (χ0v) is 17.5. The standard InChI is InChI=1S/C18H24N2O2S.C2HF3O2/c1-13-3-2-4-15(19-13)9-22-16-8-18(23-10-16)11-20(12-18)17(21)7-14-5-6-14;3-2(4,5)1(6)7/h2-4,14,16H,5-12H2,1H3;(H,6,7). The first-order chi connectivity index (χ1) is 14.1. The maximum Gasteiger partial charge on any atom is 0.490 e. The predicted octanol–water partition coefficient (Wildman–Crippen LogP) is 3.43. The maximum absolute atomic E-state index is 12.1. The summed E-state index contributed by atoms with van der Waals surface area (Å²) in [5, 5.41) is 7.12. The van der Waals surface area contributed by atoms with Gasteiger partial charge in [0.05, 0.1) is 23.2 Å². The van der Waals surface area contributed by atoms with Crippen molar-refractivity contribution in [2.24, 2.45) is 5.92 Å². The molecule has 0 aromatic carbocycles. The van der Waals surface area contributed by atoms with Gasteiger partial charge in [-0.15, -0.1) is 11.8 Å². The van der Waals surface area contributed by atoms with Gasteiger partial charge in [0.2, 0.25) is 5.91 Å². The van der Waals surface area contributed by atoms with Crippen molar-refractivity contribution in [3.63, 3.8) is 0 Å². The molecule has 1 saturated carbocycles. The van der Waals surface area contributed by atoms with Gasteiger partial charge in [-0.25, -0.2) is 4.79 Å². The molecule has 3 fully saturated rings. The number of nitrogens with zero attached hydrogens (tertiary/aromatic N) is 2. The van der Waals surface area contributed by atoms with Crippen LogP contribution in [0.4, 0.5) is 13.2 Å². The van der Waals surface area contributed by atoms with Crippen LogP contribution in [0.2, 0.25) is 0 Å². The predicted molar refractivity (Wildman–Crippen MR) is 105 cm³/mol. The highest BCUT2D eigenvalue weighted by Gasteiger charge is 2.51. The molecule has 0 bridgehead atoms. The molecule has 4 rings (SSSR count). The molecule has 3 heterocycles. The third kappa shape index (κ3) is 6.34. The summed E-state index contributed by atoms with van der Waals surface area (Å²) in [5.41, 5.74) is 2.04. The third-order valence-electron chi connectivity index (χ3n) is 5.30. The maximum atomic E-state index is 12.1. The highest BCUT2D eigenvalue weighted by atomic mass is 32.2. The van der Waals surface area contributed by atoms with Gasteiger partial charge in [-0.1, -0.05) is 6.07 Å². The number of hydrogen-bond donors (Lipinski definition) is 1. The quantitative estimate of drug-likeness (QED) is 0.747. The second-order valence-electron chi connectivity index (χ2n) is 8.10. The van der Waals surface area contributed by atoms with Gasteiger partial charge < -0.3 is 14.7 Å². The number of carbonyl (C=O) groups excluding carboxylic acids is 1. The van der Waals surface area contributed by atoms with Crippen LogP contribution in [-0.4, -0.2) is 62.7 Å². The molecule has 3 aliphatic rings. The van der Waals surface area contributed by atoms with Crippen molar-refractivity contribution in [3.05, 3.63) is 29.6 Å². The van der Waals surface area contributed by atoms with Crippen LogP contribution in [0.3, 0.4) is 0 Å². The number of halogens is 3. The van der Waals surface area contributed by atoms with Gasteiger partial charge in [-0.3, -0.25) is 9.78 Å². The number of pyridine rings is 1. The number of alkyl halides is 3. The van der Waals surface area contributed by atoms with Crippen LogP contribution in [0.15, 0.2) is 18.2 Å². The van der Waals surface area contributed by atoms with E-state index in [2.05, 4.69) is 9.88 Å². The van der Waals surface area contributed by atoms with E-state index in [-0.39, 0.29) is 4.75 Å². The number of hydrogen-bond acceptors (Lipinski definition) is 5. The van der Waals surface area contributed by atoms with Crippen molar-refractivity contribution in [3.8, 4) is 0 Å². The lowest BCUT2D eigenvalue weighted by Crippen LogP contribution is -2.60. The fraction of sp³-hybridized carbons (Fsp3) is 0.650. The number of rotatable bonds is 5. The first kappa shape index (κ1) is 22.9. The number of likely N-dealkylation sites (tertiary alicyclic amines) is 1. The zero-order valence-electron chi connectivity index (χ0n) is 16.7. The molecule has 1 aromatic heterocycles. The summed E-state index contributed by atoms with van der Waals surface area (Å²) in [5.74, 6) is -0.663. The van der Waals surface area contributed by atoms with Crippen molar-refractivity contribution < 1.29 is 32.6 Å². The summed E-state index contributed by atoms with van der Waals surface area (Å²) >= 11 is 1.99. The molecule has 10 heteroatoms. The molecule has 6 nitrogen and oxygen atoms in total. The molecular formula is C20H25F3N2O4S. The zero-order chi connectivity index (χ0) is 21.9. The number of thioether (sulfide) groups is 1. The minimum Gasteiger partial charge on any atom is -0.475 e. The number of amides is 1. The fourth-order valence-electron chi connectivity index (χ4n) is 3.54. The lowest BCUT2D eigenvalue weighted by molar-refractivity contribution is -0.192. The molecule has 0 radical (unpaired) electrons. The monoisotopic (exact) mass is 446 g/mol. The summed E-state index contributed by atoms with van der Waals surface area (Å²) in [6, 6.07) is 6.05. The van der Waals surface area contributed by atoms with E-state index in [1.54, 1.807) is 0 Å². The topological polar surface area (TPSA) is 79.7 Å². The number of aliphatic carboxylic acids is 1. The molecule has 2 aliphatic heterocycles. The first-order valence-electron chi connectivity index (χ1n) is 9.82. The number of ether oxygens (including phenoxy) is 1. The molecule has 1 unspecified atom stereocenters. The molecule has 2 saturated heterocycles. The third-order valence-corrected chi connectivity index (χ3v) is 6.88. The Morgan fingerprint density at radius 1 is 1.33 bits per heavy atom. The minimum atomic E-state index is -5.08. The summed E-state index contributed by atoms with van der Waals surface area (Å²) in [6.45, 7) is 4.44. The number of aromatic nitrogens is 1. The Labute approximate surface area is 177 Å². The lowest BCUT2D eigenvalue weighted by Gasteiger charge is -2.47. The second kappa shape index (κ2) is 9.13. The molecule has 1 N–H and O–H groups in total. The summed E-state index contributed by atoms with van der Waals surface area (Å²) in [6.07, 6.45) is -0.441. The number of carboxylic acid groups (broad SMARTS) is 1. The van der Waals surface area contributed by atoms with Crippen LogP contribution in [0, 0.1) is 12.8 Å². The average molecular weight is 446 g/mol. The normalized spacial score (nSPS) is 22.3. The Kier molecular flexibility index (Phi) is 6.96. The van der Waals surface area contributed by atoms with Gasteiger partial charge in [0.1, 0.15) is 0 Å². The van der Waals surface area contributed by atoms with Crippen molar-refractivity contribution in [2.45, 2.75) is 56.2 Å². The largest absolute Gasteiger partial charge is 0.490 e. The second-order valence-corrected chi connectivity index (χ2v) is 9.59. The van der Waals surface area contributed by atoms with Crippen LogP contribution < -0.4 is 0 Å². The van der Waals surface area contributed by atoms with Gasteiger partial charge >= 0.3 is 12.1 Å². The van der Waals surface area contributed by atoms with Gasteiger partial charge in [-0.2, -0.15) is 13.2 Å². The van der Waals surface area contributed by atoms with Crippen molar-refractivity contribution in [1.82, 2.24) is 9.88 Å². The van der Waals surface area contributed by atoms with E-state index >= 15 is 0 Å². The fourth-order valence-corrected chi connectivity index (χ4v) is 5.09. The number of carbonyl (C=O) groups is 2. The van der Waals surface area contributed by atoms with Crippen LogP contribution in [0.1, 0.15) is 37.1 Å². The van der Waals surface area contributed by atoms with E-state index in [1.807, 2.05) is 36.9 Å². The molecule has 1 amide bonds. The van der Waals surface area contributed by atoms with Crippen molar-refractivity contribution >= 4 is 23.6 Å². The van der Waals surface area contributed by atoms with E-state index in [1.165, 1.54) is 12.8 Å². The van der Waals surface area contributed by atoms with E-state index < -0.39 is 12.1 Å². The van der Waals surface area contributed by atoms with Crippen LogP contribution in [-0.2, 0) is 20.9 Å². The summed E-state index contributed by atoms with van der Waals surface area (Å²) < 4.78 is 38.1. The molecule has 30 heavy (non-hydrogen) atoms. The average Bonchev–Trinajstić information content (AvgIpc) is 3.33. The Balaban J connectivity index is 0.000000318. The molecule has 1 aromatic rings. The van der Waals surface area contributed by atoms with Crippen molar-refractivity contribution in [2.75, 3.05) is 18.8 Å². The minimum absolute atomic E-state index is 0.268. The Morgan fingerprint density at radius 2 is 2.00 bits per heavy atom. The SMILES string of the molecule is Cc1cccc(COC2CSC3(C2)CN(C(=O)CC2CC2)C3)n1.O=C(O)C(F)(F)F. The van der Waals surface area contributed by atoms with Crippen molar-refractivity contribution in [1.29, 1.82) is 0 Å². The first-order valence-corrected chi connectivity index (χ1v) is 10.8. The van der Waals surface area contributed by atoms with Crippen LogP contribution >= 0.6 is 11.8 Å². The van der Waals surface area contributed by atoms with Crippen LogP contribution in [0.5, 0.6) is 0 Å². The van der Waals surface area contributed by atoms with E-state index in [0.717, 1.165) is 43.1 Å².